The van der Waals surface area contributed by atoms with Gasteiger partial charge in [-0.15, -0.1) is 0 Å². The van der Waals surface area contributed by atoms with Crippen LogP contribution in [0.4, 0.5) is 0 Å². The molecule has 1 saturated heterocycles. The first-order chi connectivity index (χ1) is 9.69. The normalized spacial score (nSPS) is 16.8. The van der Waals surface area contributed by atoms with Gasteiger partial charge in [-0.1, -0.05) is 23.7 Å². The Morgan fingerprint density at radius 2 is 1.85 bits per heavy atom. The number of benzene rings is 1. The quantitative estimate of drug-likeness (QED) is 0.856. The van der Waals surface area contributed by atoms with Gasteiger partial charge in [-0.2, -0.15) is 0 Å². The first kappa shape index (κ1) is 15.0. The van der Waals surface area contributed by atoms with Crippen molar-refractivity contribution in [1.29, 1.82) is 0 Å². The fraction of sp³-hybridized carbons (Fsp3) is 0.400. The van der Waals surface area contributed by atoms with E-state index < -0.39 is 0 Å². The third-order valence-electron chi connectivity index (χ3n) is 3.39. The standard InChI is InChI=1S/C15H19ClN2O2/c16-14-4-1-13(2-5-14)3-6-15(20)18-9-7-17(8-10-18)11-12-19/h1-6,19H,7-12H2/b6-3+. The number of amides is 1. The predicted octanol–water partition coefficient (Wildman–Crippen LogP) is 1.49. The highest BCUT2D eigenvalue weighted by atomic mass is 35.5. The van der Waals surface area contributed by atoms with Crippen LogP contribution < -0.4 is 0 Å². The molecule has 1 aliphatic rings. The van der Waals surface area contributed by atoms with Crippen LogP contribution in [0.2, 0.25) is 5.02 Å². The molecule has 1 N–H and O–H groups in total. The average Bonchev–Trinajstić information content (AvgIpc) is 2.47. The van der Waals surface area contributed by atoms with E-state index in [9.17, 15) is 4.79 Å². The fourth-order valence-corrected chi connectivity index (χ4v) is 2.31. The lowest BCUT2D eigenvalue weighted by atomic mass is 10.2. The lowest BCUT2D eigenvalue weighted by Crippen LogP contribution is -2.48. The lowest BCUT2D eigenvalue weighted by Gasteiger charge is -2.33. The summed E-state index contributed by atoms with van der Waals surface area (Å²) >= 11 is 5.81. The third kappa shape index (κ3) is 4.34. The Labute approximate surface area is 124 Å². The second-order valence-electron chi connectivity index (χ2n) is 4.78. The highest BCUT2D eigenvalue weighted by Gasteiger charge is 2.18. The lowest BCUT2D eigenvalue weighted by molar-refractivity contribution is -0.127. The van der Waals surface area contributed by atoms with Crippen LogP contribution in [0.5, 0.6) is 0 Å². The van der Waals surface area contributed by atoms with Gasteiger partial charge in [-0.05, 0) is 23.8 Å². The first-order valence-corrected chi connectivity index (χ1v) is 7.12. The van der Waals surface area contributed by atoms with Crippen LogP contribution in [0.15, 0.2) is 30.3 Å². The summed E-state index contributed by atoms with van der Waals surface area (Å²) in [4.78, 5) is 16.0. The van der Waals surface area contributed by atoms with E-state index in [0.29, 0.717) is 24.7 Å². The van der Waals surface area contributed by atoms with E-state index in [1.54, 1.807) is 24.3 Å². The minimum Gasteiger partial charge on any atom is -0.395 e. The molecule has 20 heavy (non-hydrogen) atoms. The molecule has 4 nitrogen and oxygen atoms in total. The van der Waals surface area contributed by atoms with Crippen LogP contribution in [0.1, 0.15) is 5.56 Å². The SMILES string of the molecule is O=C(/C=C/c1ccc(Cl)cc1)N1CCN(CCO)CC1. The van der Waals surface area contributed by atoms with Gasteiger partial charge in [0.1, 0.15) is 0 Å². The van der Waals surface area contributed by atoms with Gasteiger partial charge in [0.05, 0.1) is 6.61 Å². The van der Waals surface area contributed by atoms with Gasteiger partial charge >= 0.3 is 0 Å². The van der Waals surface area contributed by atoms with Gasteiger partial charge in [-0.25, -0.2) is 0 Å². The number of rotatable bonds is 4. The summed E-state index contributed by atoms with van der Waals surface area (Å²) in [5, 5.41) is 9.57. The topological polar surface area (TPSA) is 43.8 Å². The van der Waals surface area contributed by atoms with E-state index in [2.05, 4.69) is 4.90 Å². The number of carbonyl (C=O) groups excluding carboxylic acids is 1. The van der Waals surface area contributed by atoms with Crippen molar-refractivity contribution in [2.45, 2.75) is 0 Å². The summed E-state index contributed by atoms with van der Waals surface area (Å²) in [5.74, 6) is 0.0311. The van der Waals surface area contributed by atoms with Crippen molar-refractivity contribution in [2.75, 3.05) is 39.3 Å². The minimum absolute atomic E-state index is 0.0311. The van der Waals surface area contributed by atoms with E-state index in [1.165, 1.54) is 0 Å². The molecular formula is C15H19ClN2O2. The van der Waals surface area contributed by atoms with Crippen LogP contribution >= 0.6 is 11.6 Å². The number of piperazine rings is 1. The van der Waals surface area contributed by atoms with Crippen molar-refractivity contribution in [3.63, 3.8) is 0 Å². The van der Waals surface area contributed by atoms with E-state index in [-0.39, 0.29) is 12.5 Å². The van der Waals surface area contributed by atoms with Crippen molar-refractivity contribution in [2.24, 2.45) is 0 Å². The van der Waals surface area contributed by atoms with Crippen LogP contribution in [0.3, 0.4) is 0 Å². The Morgan fingerprint density at radius 1 is 1.20 bits per heavy atom. The van der Waals surface area contributed by atoms with Crippen LogP contribution in [0.25, 0.3) is 6.08 Å². The van der Waals surface area contributed by atoms with Crippen molar-refractivity contribution in [1.82, 2.24) is 9.80 Å². The van der Waals surface area contributed by atoms with Crippen LogP contribution in [-0.2, 0) is 4.79 Å². The Hall–Kier alpha value is -1.36. The molecule has 0 radical (unpaired) electrons. The molecule has 0 saturated carbocycles. The third-order valence-corrected chi connectivity index (χ3v) is 3.64. The maximum Gasteiger partial charge on any atom is 0.246 e. The van der Waals surface area contributed by atoms with Gasteiger partial charge in [0.15, 0.2) is 0 Å². The van der Waals surface area contributed by atoms with Crippen LogP contribution in [-0.4, -0.2) is 60.1 Å². The van der Waals surface area contributed by atoms with Gasteiger partial charge in [0, 0.05) is 43.8 Å². The first-order valence-electron chi connectivity index (χ1n) is 6.75. The highest BCUT2D eigenvalue weighted by molar-refractivity contribution is 6.30. The van der Waals surface area contributed by atoms with E-state index >= 15 is 0 Å². The molecule has 0 aromatic heterocycles. The summed E-state index contributed by atoms with van der Waals surface area (Å²) in [7, 11) is 0. The zero-order valence-corrected chi connectivity index (χ0v) is 12.1. The largest absolute Gasteiger partial charge is 0.395 e. The minimum atomic E-state index is 0.0311. The maximum atomic E-state index is 12.0. The van der Waals surface area contributed by atoms with Crippen molar-refractivity contribution in [3.8, 4) is 0 Å². The molecule has 2 rings (SSSR count). The summed E-state index contributed by atoms with van der Waals surface area (Å²) in [6, 6.07) is 7.37. The summed E-state index contributed by atoms with van der Waals surface area (Å²) in [6.07, 6.45) is 3.41. The van der Waals surface area contributed by atoms with E-state index in [1.807, 2.05) is 17.0 Å². The number of nitrogens with zero attached hydrogens (tertiary/aromatic N) is 2. The van der Waals surface area contributed by atoms with Crippen molar-refractivity contribution in [3.05, 3.63) is 40.9 Å². The zero-order valence-electron chi connectivity index (χ0n) is 11.3. The molecule has 1 aromatic carbocycles. The molecule has 1 aliphatic heterocycles. The summed E-state index contributed by atoms with van der Waals surface area (Å²) in [5.41, 5.74) is 0.960. The number of aliphatic hydroxyl groups is 1. The molecule has 1 amide bonds. The number of hydrogen-bond acceptors (Lipinski definition) is 3. The Kier molecular flexibility index (Phi) is 5.59. The monoisotopic (exact) mass is 294 g/mol. The smallest absolute Gasteiger partial charge is 0.246 e. The second-order valence-corrected chi connectivity index (χ2v) is 5.21. The predicted molar refractivity (Wildman–Crippen MR) is 80.6 cm³/mol. The van der Waals surface area contributed by atoms with E-state index in [4.69, 9.17) is 16.7 Å². The summed E-state index contributed by atoms with van der Waals surface area (Å²) < 4.78 is 0. The van der Waals surface area contributed by atoms with Gasteiger partial charge in [0.25, 0.3) is 0 Å². The number of halogens is 1. The maximum absolute atomic E-state index is 12.0. The molecule has 1 aromatic rings. The summed E-state index contributed by atoms with van der Waals surface area (Å²) in [6.45, 7) is 3.92. The molecule has 0 atom stereocenters. The Bertz CT molecular complexity index is 465. The fourth-order valence-electron chi connectivity index (χ4n) is 2.18. The van der Waals surface area contributed by atoms with E-state index in [0.717, 1.165) is 18.7 Å². The zero-order chi connectivity index (χ0) is 14.4. The molecular weight excluding hydrogens is 276 g/mol. The molecule has 1 heterocycles. The Balaban J connectivity index is 1.85. The highest BCUT2D eigenvalue weighted by Crippen LogP contribution is 2.11. The number of carbonyl (C=O) groups is 1. The van der Waals surface area contributed by atoms with Gasteiger partial charge in [0.2, 0.25) is 5.91 Å². The number of β-amino-alcohol motifs (C(OH)–C–C–N with tert-alkyl or cyclic N) is 1. The average molecular weight is 295 g/mol. The molecule has 0 aliphatic carbocycles. The Morgan fingerprint density at radius 3 is 2.45 bits per heavy atom. The molecule has 5 heteroatoms. The molecule has 0 unspecified atom stereocenters. The van der Waals surface area contributed by atoms with Crippen molar-refractivity contribution < 1.29 is 9.90 Å². The molecule has 0 bridgehead atoms. The van der Waals surface area contributed by atoms with Gasteiger partial charge < -0.3 is 10.0 Å². The van der Waals surface area contributed by atoms with Crippen LogP contribution in [0, 0.1) is 0 Å². The number of hydrogen-bond donors (Lipinski definition) is 1. The number of aliphatic hydroxyl groups excluding tert-OH is 1. The van der Waals surface area contributed by atoms with Crippen molar-refractivity contribution >= 4 is 23.6 Å². The van der Waals surface area contributed by atoms with Gasteiger partial charge in [-0.3, -0.25) is 9.69 Å². The molecule has 1 fully saturated rings. The second kappa shape index (κ2) is 7.43. The molecule has 0 spiro atoms. The molecule has 108 valence electrons.